The van der Waals surface area contributed by atoms with Crippen molar-refractivity contribution in [3.05, 3.63) is 41.7 Å². The van der Waals surface area contributed by atoms with E-state index in [1.807, 2.05) is 0 Å². The third-order valence-electron chi connectivity index (χ3n) is 7.22. The highest BCUT2D eigenvalue weighted by Gasteiger charge is 2.54. The largest absolute Gasteiger partial charge is 0.504 e. The fourth-order valence-corrected chi connectivity index (χ4v) is 5.08. The standard InChI is InChI=1S/C25H30O13/c1-10-15(28)7-12-13(23(33)34)9-35-24(19(10)12)38-25-22(21(32)20(31)17(8-26)36-25)37-18(30)5-3-11-2-4-14(27)16(29)6-11/h2-6,9-10,12,15,17,19-22,24-29,31-32H,7-8H2,1H3,(H,33,34). The van der Waals surface area contributed by atoms with E-state index < -0.39 is 85.1 Å². The van der Waals surface area contributed by atoms with Gasteiger partial charge in [0.1, 0.15) is 18.3 Å². The summed E-state index contributed by atoms with van der Waals surface area (Å²) in [4.78, 5) is 24.2. The number of rotatable bonds is 7. The van der Waals surface area contributed by atoms with E-state index in [1.54, 1.807) is 6.92 Å². The van der Waals surface area contributed by atoms with Crippen molar-refractivity contribution in [2.24, 2.45) is 17.8 Å². The Bertz CT molecular complexity index is 1100. The van der Waals surface area contributed by atoms with E-state index >= 15 is 0 Å². The summed E-state index contributed by atoms with van der Waals surface area (Å²) in [6.07, 6.45) is -6.37. The highest BCUT2D eigenvalue weighted by molar-refractivity contribution is 5.87. The van der Waals surface area contributed by atoms with Gasteiger partial charge in [-0.1, -0.05) is 13.0 Å². The fourth-order valence-electron chi connectivity index (χ4n) is 5.08. The van der Waals surface area contributed by atoms with Crippen LogP contribution < -0.4 is 0 Å². The van der Waals surface area contributed by atoms with Gasteiger partial charge < -0.3 is 54.7 Å². The van der Waals surface area contributed by atoms with E-state index in [-0.39, 0.29) is 17.7 Å². The predicted octanol–water partition coefficient (Wildman–Crippen LogP) is -0.564. The Balaban J connectivity index is 1.54. The zero-order valence-corrected chi connectivity index (χ0v) is 20.2. The van der Waals surface area contributed by atoms with Crippen LogP contribution in [0.1, 0.15) is 18.9 Å². The summed E-state index contributed by atoms with van der Waals surface area (Å²) in [7, 11) is 0. The Hall–Kier alpha value is -3.20. The minimum Gasteiger partial charge on any atom is -0.504 e. The van der Waals surface area contributed by atoms with Gasteiger partial charge in [-0.3, -0.25) is 0 Å². The highest BCUT2D eigenvalue weighted by Crippen LogP contribution is 2.47. The molecule has 0 radical (unpaired) electrons. The van der Waals surface area contributed by atoms with Crippen LogP contribution in [0.15, 0.2) is 36.1 Å². The quantitative estimate of drug-likeness (QED) is 0.132. The molecule has 1 saturated heterocycles. The normalized spacial score (nSPS) is 36.8. The van der Waals surface area contributed by atoms with Crippen LogP contribution in [0.25, 0.3) is 6.08 Å². The average molecular weight is 539 g/mol. The fraction of sp³-hybridized carbons (Fsp3) is 0.520. The van der Waals surface area contributed by atoms with Crippen molar-refractivity contribution in [3.8, 4) is 11.5 Å². The van der Waals surface area contributed by atoms with Crippen LogP contribution in [-0.4, -0.2) is 97.4 Å². The number of aliphatic hydroxyl groups excluding tert-OH is 4. The summed E-state index contributed by atoms with van der Waals surface area (Å²) >= 11 is 0. The van der Waals surface area contributed by atoms with Crippen LogP contribution in [0, 0.1) is 17.8 Å². The highest BCUT2D eigenvalue weighted by atomic mass is 16.8. The van der Waals surface area contributed by atoms with Crippen molar-refractivity contribution in [1.82, 2.24) is 0 Å². The minimum absolute atomic E-state index is 0.0279. The molecule has 2 heterocycles. The number of esters is 1. The maximum atomic E-state index is 12.6. The molecular formula is C25H30O13. The lowest BCUT2D eigenvalue weighted by Gasteiger charge is -2.44. The first-order chi connectivity index (χ1) is 18.0. The minimum atomic E-state index is -1.74. The molecule has 13 heteroatoms. The zero-order valence-electron chi connectivity index (χ0n) is 20.2. The number of carboxylic acid groups (broad SMARTS) is 1. The summed E-state index contributed by atoms with van der Waals surface area (Å²) in [5, 5.41) is 69.5. The molecule has 4 rings (SSSR count). The van der Waals surface area contributed by atoms with Crippen LogP contribution in [0.5, 0.6) is 11.5 Å². The van der Waals surface area contributed by atoms with E-state index in [0.717, 1.165) is 12.3 Å². The molecule has 3 aliphatic rings. The summed E-state index contributed by atoms with van der Waals surface area (Å²) in [6.45, 7) is 1.01. The molecule has 2 aliphatic heterocycles. The molecule has 10 atom stereocenters. The molecular weight excluding hydrogens is 508 g/mol. The van der Waals surface area contributed by atoms with Crippen molar-refractivity contribution in [2.45, 2.75) is 56.4 Å². The number of carboxylic acids is 1. The summed E-state index contributed by atoms with van der Waals surface area (Å²) in [6, 6.07) is 3.84. The number of aromatic hydroxyl groups is 2. The van der Waals surface area contributed by atoms with Crippen molar-refractivity contribution in [2.75, 3.05) is 6.61 Å². The smallest absolute Gasteiger partial charge is 0.334 e. The second-order valence-corrected chi connectivity index (χ2v) is 9.55. The van der Waals surface area contributed by atoms with Crippen LogP contribution >= 0.6 is 0 Å². The van der Waals surface area contributed by atoms with Crippen molar-refractivity contribution in [3.63, 3.8) is 0 Å². The molecule has 0 spiro atoms. The van der Waals surface area contributed by atoms with E-state index in [2.05, 4.69) is 0 Å². The molecule has 10 unspecified atom stereocenters. The zero-order chi connectivity index (χ0) is 27.7. The topological polar surface area (TPSA) is 213 Å². The number of hydrogen-bond acceptors (Lipinski definition) is 12. The molecule has 13 nitrogen and oxygen atoms in total. The lowest BCUT2D eigenvalue weighted by molar-refractivity contribution is -0.343. The van der Waals surface area contributed by atoms with Gasteiger partial charge in [0.05, 0.1) is 24.5 Å². The molecule has 38 heavy (non-hydrogen) atoms. The van der Waals surface area contributed by atoms with Crippen LogP contribution in [0.4, 0.5) is 0 Å². The van der Waals surface area contributed by atoms with Crippen molar-refractivity contribution in [1.29, 1.82) is 0 Å². The maximum absolute atomic E-state index is 12.6. The number of ether oxygens (including phenoxy) is 4. The van der Waals surface area contributed by atoms with Gasteiger partial charge in [-0.15, -0.1) is 0 Å². The lowest BCUT2D eigenvalue weighted by Crippen LogP contribution is -2.61. The molecule has 1 aromatic rings. The van der Waals surface area contributed by atoms with Gasteiger partial charge in [-0.05, 0) is 36.1 Å². The first kappa shape index (κ1) is 27.8. The molecule has 0 bridgehead atoms. The molecule has 1 aromatic carbocycles. The number of fused-ring (bicyclic) bond motifs is 1. The van der Waals surface area contributed by atoms with Gasteiger partial charge in [0.15, 0.2) is 17.6 Å². The van der Waals surface area contributed by atoms with Crippen LogP contribution in [-0.2, 0) is 28.5 Å². The second-order valence-electron chi connectivity index (χ2n) is 9.55. The first-order valence-electron chi connectivity index (χ1n) is 12.0. The van der Waals surface area contributed by atoms with E-state index in [0.29, 0.717) is 5.56 Å². The molecule has 1 aliphatic carbocycles. The summed E-state index contributed by atoms with van der Waals surface area (Å²) in [5.74, 6) is -4.59. The SMILES string of the molecule is CC1C(O)CC2C(C(=O)O)=COC(OC3OC(CO)C(O)C(O)C3OC(=O)C=Cc3ccc(O)c(O)c3)C21. The summed E-state index contributed by atoms with van der Waals surface area (Å²) in [5.41, 5.74) is 0.321. The number of carbonyl (C=O) groups is 2. The number of phenolic OH excluding ortho intramolecular Hbond substituents is 2. The van der Waals surface area contributed by atoms with Gasteiger partial charge in [-0.2, -0.15) is 0 Å². The van der Waals surface area contributed by atoms with Gasteiger partial charge in [-0.25, -0.2) is 9.59 Å². The Kier molecular flexibility index (Phi) is 8.25. The molecule has 0 aromatic heterocycles. The lowest BCUT2D eigenvalue weighted by atomic mass is 9.83. The number of hydrogen-bond donors (Lipinski definition) is 7. The van der Waals surface area contributed by atoms with Gasteiger partial charge in [0.2, 0.25) is 12.6 Å². The van der Waals surface area contributed by atoms with E-state index in [9.17, 15) is 45.3 Å². The summed E-state index contributed by atoms with van der Waals surface area (Å²) < 4.78 is 22.4. The Morgan fingerprint density at radius 3 is 2.50 bits per heavy atom. The van der Waals surface area contributed by atoms with Gasteiger partial charge in [0.25, 0.3) is 0 Å². The van der Waals surface area contributed by atoms with Crippen molar-refractivity contribution < 1.29 is 64.3 Å². The molecule has 208 valence electrons. The van der Waals surface area contributed by atoms with Crippen LogP contribution in [0.3, 0.4) is 0 Å². The number of phenols is 2. The second kappa shape index (κ2) is 11.3. The molecule has 7 N–H and O–H groups in total. The average Bonchev–Trinajstić information content (AvgIpc) is 3.18. The molecule has 2 fully saturated rings. The van der Waals surface area contributed by atoms with Gasteiger partial charge in [0, 0.05) is 17.9 Å². The third-order valence-corrected chi connectivity index (χ3v) is 7.22. The maximum Gasteiger partial charge on any atom is 0.334 e. The third kappa shape index (κ3) is 5.48. The monoisotopic (exact) mass is 538 g/mol. The molecule has 1 saturated carbocycles. The number of carbonyl (C=O) groups excluding carboxylic acids is 1. The van der Waals surface area contributed by atoms with Crippen molar-refractivity contribution >= 4 is 18.0 Å². The van der Waals surface area contributed by atoms with E-state index in [1.165, 1.54) is 24.3 Å². The number of aliphatic carboxylic acids is 1. The van der Waals surface area contributed by atoms with Crippen LogP contribution in [0.2, 0.25) is 0 Å². The molecule has 0 amide bonds. The van der Waals surface area contributed by atoms with E-state index in [4.69, 9.17) is 18.9 Å². The van der Waals surface area contributed by atoms with Gasteiger partial charge >= 0.3 is 11.9 Å². The Morgan fingerprint density at radius 1 is 1.11 bits per heavy atom. The number of benzene rings is 1. The first-order valence-corrected chi connectivity index (χ1v) is 12.0. The predicted molar refractivity (Wildman–Crippen MR) is 125 cm³/mol. The Morgan fingerprint density at radius 2 is 1.84 bits per heavy atom. The number of aliphatic hydroxyl groups is 4. The Labute approximate surface area is 216 Å².